The van der Waals surface area contributed by atoms with E-state index in [9.17, 15) is 0 Å². The Morgan fingerprint density at radius 3 is 2.00 bits per heavy atom. The maximum absolute atomic E-state index is 4.81. The lowest BCUT2D eigenvalue weighted by atomic mass is 10.0. The number of aliphatic imine (C=N–C) groups is 1. The number of hydrogen-bond donors (Lipinski definition) is 0. The topological polar surface area (TPSA) is 17.3 Å². The third-order valence-corrected chi connectivity index (χ3v) is 4.85. The Morgan fingerprint density at radius 2 is 1.22 bits per heavy atom. The molecule has 1 aliphatic heterocycles. The van der Waals surface area contributed by atoms with E-state index < -0.39 is 0 Å². The lowest BCUT2D eigenvalue weighted by Crippen LogP contribution is -2.28. The van der Waals surface area contributed by atoms with Crippen molar-refractivity contribution in [2.45, 2.75) is 0 Å². The van der Waals surface area contributed by atoms with E-state index in [0.717, 1.165) is 28.3 Å². The Kier molecular flexibility index (Phi) is 3.80. The molecule has 0 fully saturated rings. The van der Waals surface area contributed by atoms with Gasteiger partial charge >= 0.3 is 5.84 Å². The van der Waals surface area contributed by atoms with Crippen LogP contribution in [0.25, 0.3) is 16.5 Å². The zero-order valence-electron chi connectivity index (χ0n) is 14.8. The highest BCUT2D eigenvalue weighted by Gasteiger charge is 2.35. The second kappa shape index (κ2) is 6.58. The van der Waals surface area contributed by atoms with E-state index in [1.807, 2.05) is 18.3 Å². The molecular weight excluding hydrogens is 328 g/mol. The average molecular weight is 346 g/mol. The number of anilines is 1. The Bertz CT molecular complexity index is 1160. The first kappa shape index (κ1) is 15.6. The van der Waals surface area contributed by atoms with Crippen molar-refractivity contribution < 1.29 is 0 Å². The van der Waals surface area contributed by atoms with Crippen LogP contribution in [0.15, 0.2) is 109 Å². The summed E-state index contributed by atoms with van der Waals surface area (Å²) in [7, 11) is 0. The van der Waals surface area contributed by atoms with Gasteiger partial charge in [0, 0.05) is 5.56 Å². The van der Waals surface area contributed by atoms with Crippen molar-refractivity contribution >= 4 is 28.0 Å². The van der Waals surface area contributed by atoms with Gasteiger partial charge in [0.1, 0.15) is 5.69 Å². The van der Waals surface area contributed by atoms with Crippen LogP contribution in [0.4, 0.5) is 5.69 Å². The highest BCUT2D eigenvalue weighted by molar-refractivity contribution is 6.20. The van der Waals surface area contributed by atoms with Gasteiger partial charge in [-0.05, 0) is 40.0 Å². The van der Waals surface area contributed by atoms with Crippen molar-refractivity contribution in [3.63, 3.8) is 0 Å². The molecule has 4 aromatic carbocycles. The molecule has 2 nitrogen and oxygen atoms in total. The number of amidine groups is 1. The number of para-hydroxylation sites is 1. The second-order valence-electron chi connectivity index (χ2n) is 6.57. The van der Waals surface area contributed by atoms with Gasteiger partial charge in [0.25, 0.3) is 0 Å². The van der Waals surface area contributed by atoms with Gasteiger partial charge in [-0.1, -0.05) is 78.9 Å². The van der Waals surface area contributed by atoms with Gasteiger partial charge in [0.2, 0.25) is 0 Å². The minimum Gasteiger partial charge on any atom is -0.185 e. The number of hydrogen-bond acceptors (Lipinski definition) is 2. The van der Waals surface area contributed by atoms with Gasteiger partial charge in [0.05, 0.1) is 5.56 Å². The molecule has 0 unspecified atom stereocenters. The molecule has 0 saturated heterocycles. The zero-order chi connectivity index (χ0) is 18.1. The molecule has 5 rings (SSSR count). The molecule has 0 aliphatic carbocycles. The van der Waals surface area contributed by atoms with E-state index in [-0.39, 0.29) is 0 Å². The van der Waals surface area contributed by atoms with Crippen LogP contribution >= 0.6 is 0 Å². The van der Waals surface area contributed by atoms with E-state index in [4.69, 9.17) is 4.99 Å². The van der Waals surface area contributed by atoms with Gasteiger partial charge in [-0.15, -0.1) is 0 Å². The van der Waals surface area contributed by atoms with Crippen LogP contribution in [0.2, 0.25) is 0 Å². The van der Waals surface area contributed by atoms with Crippen LogP contribution < -0.4 is 9.89 Å². The van der Waals surface area contributed by atoms with Gasteiger partial charge in [-0.2, -0.15) is 4.90 Å². The fourth-order valence-electron chi connectivity index (χ4n) is 3.53. The van der Waals surface area contributed by atoms with Crippen molar-refractivity contribution in [2.75, 3.05) is 4.90 Å². The fraction of sp³-hybridized carbons (Fsp3) is 0. The highest BCUT2D eigenvalue weighted by Crippen LogP contribution is 2.31. The van der Waals surface area contributed by atoms with Gasteiger partial charge < -0.3 is 0 Å². The van der Waals surface area contributed by atoms with Crippen molar-refractivity contribution in [2.24, 2.45) is 0 Å². The summed E-state index contributed by atoms with van der Waals surface area (Å²) in [5.41, 5.74) is 4.46. The molecular formula is C25H18N2+. The van der Waals surface area contributed by atoms with Gasteiger partial charge in [-0.3, -0.25) is 0 Å². The number of fused-ring (bicyclic) bond motifs is 1. The van der Waals surface area contributed by atoms with Crippen LogP contribution in [-0.2, 0) is 0 Å². The predicted molar refractivity (Wildman–Crippen MR) is 114 cm³/mol. The molecule has 0 bridgehead atoms. The molecule has 0 saturated carbocycles. The lowest BCUT2D eigenvalue weighted by Gasteiger charge is -2.16. The van der Waals surface area contributed by atoms with Crippen LogP contribution in [0, 0.1) is 0 Å². The standard InChI is InChI=1S/C25H18N2/c1-3-10-20(11-4-1)24-18-26-25(27(24)23-13-5-2-6-14-23)22-16-15-19-9-7-8-12-21(19)17-22/h1-18H/q+1. The smallest absolute Gasteiger partial charge is 0.185 e. The maximum atomic E-state index is 4.81. The molecule has 0 aromatic heterocycles. The molecule has 1 heterocycles. The predicted octanol–water partition coefficient (Wildman–Crippen LogP) is 5.44. The minimum absolute atomic E-state index is 0.950. The summed E-state index contributed by atoms with van der Waals surface area (Å²) >= 11 is 0. The molecule has 0 N–H and O–H groups in total. The Labute approximate surface area is 158 Å². The van der Waals surface area contributed by atoms with Crippen LogP contribution in [0.3, 0.4) is 0 Å². The zero-order valence-corrected chi connectivity index (χ0v) is 14.8. The maximum Gasteiger partial charge on any atom is 0.336 e. The SMILES string of the molecule is C1=C(c2ccccc2)N(c2ccccc2)C(c2ccc3ccccc3c2)=[N+]1. The number of benzene rings is 4. The molecule has 2 heteroatoms. The van der Waals surface area contributed by atoms with Crippen molar-refractivity contribution in [1.82, 2.24) is 4.99 Å². The summed E-state index contributed by atoms with van der Waals surface area (Å²) in [6.45, 7) is 0. The Hall–Kier alpha value is -3.65. The quantitative estimate of drug-likeness (QED) is 0.483. The summed E-state index contributed by atoms with van der Waals surface area (Å²) < 4.78 is 0. The first-order valence-corrected chi connectivity index (χ1v) is 9.08. The summed E-state index contributed by atoms with van der Waals surface area (Å²) in [5.74, 6) is 0.950. The Morgan fingerprint density at radius 1 is 0.556 bits per heavy atom. The van der Waals surface area contributed by atoms with E-state index in [1.54, 1.807) is 0 Å². The monoisotopic (exact) mass is 346 g/mol. The minimum atomic E-state index is 0.950. The molecule has 27 heavy (non-hydrogen) atoms. The molecule has 4 aromatic rings. The second-order valence-corrected chi connectivity index (χ2v) is 6.57. The number of nitrogens with zero attached hydrogens (tertiary/aromatic N) is 2. The molecule has 0 atom stereocenters. The Balaban J connectivity index is 1.63. The fourth-order valence-corrected chi connectivity index (χ4v) is 3.53. The summed E-state index contributed by atoms with van der Waals surface area (Å²) in [5, 5.41) is 2.46. The average Bonchev–Trinajstić information content (AvgIpc) is 3.20. The van der Waals surface area contributed by atoms with E-state index in [1.165, 1.54) is 10.8 Å². The third kappa shape index (κ3) is 2.81. The molecule has 1 radical (unpaired) electrons. The number of rotatable bonds is 3. The van der Waals surface area contributed by atoms with Crippen LogP contribution in [0.1, 0.15) is 11.1 Å². The van der Waals surface area contributed by atoms with Gasteiger partial charge in [0.15, 0.2) is 11.9 Å². The third-order valence-electron chi connectivity index (χ3n) is 4.85. The summed E-state index contributed by atoms with van der Waals surface area (Å²) in [4.78, 5) is 7.04. The normalized spacial score (nSPS) is 13.6. The van der Waals surface area contributed by atoms with Crippen molar-refractivity contribution in [3.05, 3.63) is 120 Å². The first-order chi connectivity index (χ1) is 13.4. The van der Waals surface area contributed by atoms with Crippen LogP contribution in [-0.4, -0.2) is 5.84 Å². The summed E-state index contributed by atoms with van der Waals surface area (Å²) in [6, 6.07) is 35.8. The van der Waals surface area contributed by atoms with Crippen molar-refractivity contribution in [1.29, 1.82) is 0 Å². The largest absolute Gasteiger partial charge is 0.336 e. The van der Waals surface area contributed by atoms with E-state index in [2.05, 4.69) is 95.9 Å². The van der Waals surface area contributed by atoms with E-state index >= 15 is 0 Å². The van der Waals surface area contributed by atoms with Crippen LogP contribution in [0.5, 0.6) is 0 Å². The summed E-state index contributed by atoms with van der Waals surface area (Å²) in [6.07, 6.45) is 1.97. The molecule has 0 spiro atoms. The molecule has 0 amide bonds. The molecule has 127 valence electrons. The lowest BCUT2D eigenvalue weighted by molar-refractivity contribution is 1.35. The van der Waals surface area contributed by atoms with E-state index in [0.29, 0.717) is 0 Å². The van der Waals surface area contributed by atoms with Gasteiger partial charge in [-0.25, -0.2) is 0 Å². The van der Waals surface area contributed by atoms with Crippen molar-refractivity contribution in [3.8, 4) is 0 Å². The molecule has 1 aliphatic rings. The first-order valence-electron chi connectivity index (χ1n) is 9.08. The highest BCUT2D eigenvalue weighted by atomic mass is 15.2.